The standard InChI is InChI=1S/C25H52N2S/c1-4-7-10-13-16-19-22-26-25(28)27(23-20-17-14-11-8-5-2)24-21-18-15-12-9-6-3/h4-24H2,1-3H3,(H,26,28). The van der Waals surface area contributed by atoms with E-state index in [0.29, 0.717) is 0 Å². The van der Waals surface area contributed by atoms with E-state index in [2.05, 4.69) is 31.0 Å². The van der Waals surface area contributed by atoms with Gasteiger partial charge in [-0.15, -0.1) is 0 Å². The Balaban J connectivity index is 4.01. The van der Waals surface area contributed by atoms with Gasteiger partial charge in [0.2, 0.25) is 0 Å². The van der Waals surface area contributed by atoms with Crippen molar-refractivity contribution in [2.75, 3.05) is 19.6 Å². The molecule has 0 saturated heterocycles. The van der Waals surface area contributed by atoms with Crippen molar-refractivity contribution in [3.63, 3.8) is 0 Å². The van der Waals surface area contributed by atoms with E-state index in [1.54, 1.807) is 0 Å². The van der Waals surface area contributed by atoms with Gasteiger partial charge in [0.25, 0.3) is 0 Å². The average molecular weight is 413 g/mol. The zero-order chi connectivity index (χ0) is 20.7. The number of thiocarbonyl (C=S) groups is 1. The molecule has 0 saturated carbocycles. The predicted molar refractivity (Wildman–Crippen MR) is 132 cm³/mol. The summed E-state index contributed by atoms with van der Waals surface area (Å²) in [6, 6.07) is 0. The van der Waals surface area contributed by atoms with Gasteiger partial charge >= 0.3 is 0 Å². The third-order valence-corrected chi connectivity index (χ3v) is 6.06. The predicted octanol–water partition coefficient (Wildman–Crippen LogP) is 8.24. The molecule has 28 heavy (non-hydrogen) atoms. The number of hydrogen-bond donors (Lipinski definition) is 1. The van der Waals surface area contributed by atoms with Crippen LogP contribution in [0.4, 0.5) is 0 Å². The topological polar surface area (TPSA) is 15.3 Å². The Bertz CT molecular complexity index is 304. The Morgan fingerprint density at radius 3 is 1.32 bits per heavy atom. The maximum atomic E-state index is 5.75. The van der Waals surface area contributed by atoms with Crippen LogP contribution < -0.4 is 5.32 Å². The second kappa shape index (κ2) is 23.0. The van der Waals surface area contributed by atoms with E-state index in [0.717, 1.165) is 24.7 Å². The highest BCUT2D eigenvalue weighted by atomic mass is 32.1. The number of hydrogen-bond acceptors (Lipinski definition) is 1. The Morgan fingerprint density at radius 1 is 0.536 bits per heavy atom. The van der Waals surface area contributed by atoms with Gasteiger partial charge in [-0.2, -0.15) is 0 Å². The van der Waals surface area contributed by atoms with Gasteiger partial charge < -0.3 is 10.2 Å². The van der Waals surface area contributed by atoms with Gasteiger partial charge in [-0.3, -0.25) is 0 Å². The van der Waals surface area contributed by atoms with Gasteiger partial charge in [-0.1, -0.05) is 117 Å². The molecule has 2 nitrogen and oxygen atoms in total. The lowest BCUT2D eigenvalue weighted by Crippen LogP contribution is -2.41. The van der Waals surface area contributed by atoms with Crippen molar-refractivity contribution in [3.8, 4) is 0 Å². The second-order valence-corrected chi connectivity index (χ2v) is 8.91. The first-order valence-corrected chi connectivity index (χ1v) is 13.2. The smallest absolute Gasteiger partial charge is 0.168 e. The highest BCUT2D eigenvalue weighted by molar-refractivity contribution is 7.80. The molecule has 168 valence electrons. The molecule has 0 aliphatic heterocycles. The first-order chi connectivity index (χ1) is 13.8. The fourth-order valence-electron chi connectivity index (χ4n) is 3.69. The van der Waals surface area contributed by atoms with E-state index in [-0.39, 0.29) is 0 Å². The van der Waals surface area contributed by atoms with Crippen LogP contribution in [0.3, 0.4) is 0 Å². The summed E-state index contributed by atoms with van der Waals surface area (Å²) in [4.78, 5) is 2.46. The van der Waals surface area contributed by atoms with Gasteiger partial charge in [0.1, 0.15) is 0 Å². The fraction of sp³-hybridized carbons (Fsp3) is 0.960. The molecule has 0 aromatic rings. The molecule has 0 aromatic heterocycles. The van der Waals surface area contributed by atoms with Gasteiger partial charge in [-0.25, -0.2) is 0 Å². The van der Waals surface area contributed by atoms with Crippen LogP contribution in [0.25, 0.3) is 0 Å². The number of unbranched alkanes of at least 4 members (excludes halogenated alkanes) is 15. The SMILES string of the molecule is CCCCCCCCNC(=S)N(CCCCCCCC)CCCCCCCC. The molecule has 0 unspecified atom stereocenters. The van der Waals surface area contributed by atoms with Crippen LogP contribution in [0.5, 0.6) is 0 Å². The maximum Gasteiger partial charge on any atom is 0.168 e. The summed E-state index contributed by atoms with van der Waals surface area (Å²) < 4.78 is 0. The van der Waals surface area contributed by atoms with E-state index in [1.165, 1.54) is 116 Å². The molecule has 1 N–H and O–H groups in total. The molecule has 3 heteroatoms. The van der Waals surface area contributed by atoms with E-state index in [1.807, 2.05) is 0 Å². The van der Waals surface area contributed by atoms with Crippen LogP contribution in [-0.2, 0) is 0 Å². The van der Waals surface area contributed by atoms with Crippen LogP contribution in [0.15, 0.2) is 0 Å². The molecule has 0 rings (SSSR count). The first-order valence-electron chi connectivity index (χ1n) is 12.8. The van der Waals surface area contributed by atoms with Crippen molar-refractivity contribution < 1.29 is 0 Å². The van der Waals surface area contributed by atoms with E-state index >= 15 is 0 Å². The van der Waals surface area contributed by atoms with Crippen molar-refractivity contribution in [1.29, 1.82) is 0 Å². The monoisotopic (exact) mass is 412 g/mol. The number of nitrogens with one attached hydrogen (secondary N) is 1. The molecular weight excluding hydrogens is 360 g/mol. The third-order valence-electron chi connectivity index (χ3n) is 5.66. The molecule has 0 aromatic carbocycles. The van der Waals surface area contributed by atoms with Crippen LogP contribution >= 0.6 is 12.2 Å². The summed E-state index contributed by atoms with van der Waals surface area (Å²) in [6.07, 6.45) is 24.4. The Morgan fingerprint density at radius 2 is 0.893 bits per heavy atom. The first kappa shape index (κ1) is 27.7. The molecule has 0 bridgehead atoms. The third kappa shape index (κ3) is 19.0. The zero-order valence-corrected chi connectivity index (χ0v) is 20.5. The molecule has 0 aliphatic carbocycles. The minimum absolute atomic E-state index is 1.01. The average Bonchev–Trinajstić information content (AvgIpc) is 2.70. The fourth-order valence-corrected chi connectivity index (χ4v) is 3.98. The number of rotatable bonds is 21. The van der Waals surface area contributed by atoms with Crippen molar-refractivity contribution in [3.05, 3.63) is 0 Å². The second-order valence-electron chi connectivity index (χ2n) is 8.52. The van der Waals surface area contributed by atoms with Gasteiger partial charge in [0.05, 0.1) is 0 Å². The maximum absolute atomic E-state index is 5.75. The lowest BCUT2D eigenvalue weighted by molar-refractivity contribution is 0.378. The molecule has 0 aliphatic rings. The molecule has 0 radical (unpaired) electrons. The van der Waals surface area contributed by atoms with E-state index < -0.39 is 0 Å². The number of nitrogens with zero attached hydrogens (tertiary/aromatic N) is 1. The zero-order valence-electron chi connectivity index (χ0n) is 19.7. The summed E-state index contributed by atoms with van der Waals surface area (Å²) in [5, 5.41) is 4.56. The lowest BCUT2D eigenvalue weighted by Gasteiger charge is -2.26. The largest absolute Gasteiger partial charge is 0.363 e. The summed E-state index contributed by atoms with van der Waals surface area (Å²) in [6.45, 7) is 10.2. The van der Waals surface area contributed by atoms with Crippen molar-refractivity contribution in [1.82, 2.24) is 10.2 Å². The summed E-state index contributed by atoms with van der Waals surface area (Å²) in [5.41, 5.74) is 0. The summed E-state index contributed by atoms with van der Waals surface area (Å²) in [7, 11) is 0. The molecule has 0 spiro atoms. The Labute approximate surface area is 183 Å². The summed E-state index contributed by atoms with van der Waals surface area (Å²) >= 11 is 5.75. The van der Waals surface area contributed by atoms with Crippen LogP contribution in [0.2, 0.25) is 0 Å². The van der Waals surface area contributed by atoms with E-state index in [4.69, 9.17) is 12.2 Å². The van der Waals surface area contributed by atoms with Gasteiger partial charge in [-0.05, 0) is 31.5 Å². The highest BCUT2D eigenvalue weighted by Crippen LogP contribution is 2.10. The normalized spacial score (nSPS) is 11.0. The van der Waals surface area contributed by atoms with E-state index in [9.17, 15) is 0 Å². The van der Waals surface area contributed by atoms with Crippen LogP contribution in [-0.4, -0.2) is 29.6 Å². The Hall–Kier alpha value is -0.310. The van der Waals surface area contributed by atoms with Crippen LogP contribution in [0.1, 0.15) is 136 Å². The lowest BCUT2D eigenvalue weighted by atomic mass is 10.1. The molecule has 0 amide bonds. The van der Waals surface area contributed by atoms with Gasteiger partial charge in [0, 0.05) is 19.6 Å². The van der Waals surface area contributed by atoms with Gasteiger partial charge in [0.15, 0.2) is 5.11 Å². The van der Waals surface area contributed by atoms with Crippen molar-refractivity contribution in [2.45, 2.75) is 136 Å². The molecule has 0 atom stereocenters. The van der Waals surface area contributed by atoms with Crippen LogP contribution in [0, 0.1) is 0 Å². The minimum Gasteiger partial charge on any atom is -0.363 e. The quantitative estimate of drug-likeness (QED) is 0.151. The Kier molecular flexibility index (Phi) is 22.7. The van der Waals surface area contributed by atoms with Crippen molar-refractivity contribution in [2.24, 2.45) is 0 Å². The summed E-state index contributed by atoms with van der Waals surface area (Å²) in [5.74, 6) is 0. The van der Waals surface area contributed by atoms with Crippen molar-refractivity contribution >= 4 is 17.3 Å². The molecule has 0 fully saturated rings. The molecular formula is C25H52N2S. The molecule has 0 heterocycles. The highest BCUT2D eigenvalue weighted by Gasteiger charge is 2.08. The minimum atomic E-state index is 1.01.